The first-order chi connectivity index (χ1) is 8.61. The normalized spacial score (nSPS) is 10.2. The average molecular weight is 246 g/mol. The lowest BCUT2D eigenvalue weighted by molar-refractivity contribution is 0.410. The summed E-state index contributed by atoms with van der Waals surface area (Å²) in [5, 5.41) is 11.7. The van der Waals surface area contributed by atoms with Crippen molar-refractivity contribution in [2.45, 2.75) is 33.6 Å². The summed E-state index contributed by atoms with van der Waals surface area (Å²) >= 11 is 0. The summed E-state index contributed by atoms with van der Waals surface area (Å²) < 4.78 is 5.37. The maximum Gasteiger partial charge on any atom is 0.122 e. The van der Waals surface area contributed by atoms with Crippen molar-refractivity contribution in [3.63, 3.8) is 0 Å². The minimum atomic E-state index is 0.569. The second-order valence-electron chi connectivity index (χ2n) is 4.53. The number of methoxy groups -OCH3 is 1. The molecule has 0 heterocycles. The van der Waals surface area contributed by atoms with Gasteiger partial charge in [-0.15, -0.1) is 0 Å². The van der Waals surface area contributed by atoms with Gasteiger partial charge in [0, 0.05) is 13.0 Å². The molecule has 3 nitrogen and oxygen atoms in total. The van der Waals surface area contributed by atoms with Crippen LogP contribution in [0.5, 0.6) is 5.75 Å². The molecule has 0 amide bonds. The van der Waals surface area contributed by atoms with Crippen LogP contribution in [0.2, 0.25) is 0 Å². The summed E-state index contributed by atoms with van der Waals surface area (Å²) in [5.74, 6) is 0.964. The highest BCUT2D eigenvalue weighted by molar-refractivity contribution is 5.48. The van der Waals surface area contributed by atoms with E-state index in [0.29, 0.717) is 6.42 Å². The van der Waals surface area contributed by atoms with Gasteiger partial charge in [-0.2, -0.15) is 5.26 Å². The molecular weight excluding hydrogens is 224 g/mol. The third-order valence-corrected chi connectivity index (χ3v) is 3.39. The summed E-state index contributed by atoms with van der Waals surface area (Å²) in [4.78, 5) is 0. The van der Waals surface area contributed by atoms with E-state index in [4.69, 9.17) is 10.00 Å². The predicted octanol–water partition coefficient (Wildman–Crippen LogP) is 2.67. The molecule has 0 unspecified atom stereocenters. The van der Waals surface area contributed by atoms with Crippen LogP contribution in [0.3, 0.4) is 0 Å². The highest BCUT2D eigenvalue weighted by atomic mass is 16.5. The Labute approximate surface area is 110 Å². The van der Waals surface area contributed by atoms with E-state index in [9.17, 15) is 0 Å². The molecule has 0 aromatic heterocycles. The topological polar surface area (TPSA) is 45.0 Å². The van der Waals surface area contributed by atoms with Gasteiger partial charge >= 0.3 is 0 Å². The molecule has 1 rings (SSSR count). The van der Waals surface area contributed by atoms with Gasteiger partial charge in [-0.25, -0.2) is 0 Å². The van der Waals surface area contributed by atoms with Gasteiger partial charge in [-0.1, -0.05) is 0 Å². The highest BCUT2D eigenvalue weighted by Crippen LogP contribution is 2.27. The molecule has 18 heavy (non-hydrogen) atoms. The summed E-state index contributed by atoms with van der Waals surface area (Å²) in [6.45, 7) is 8.05. The van der Waals surface area contributed by atoms with E-state index in [2.05, 4.69) is 38.2 Å². The molecule has 0 fully saturated rings. The van der Waals surface area contributed by atoms with Crippen molar-refractivity contribution in [2.24, 2.45) is 0 Å². The van der Waals surface area contributed by atoms with Crippen LogP contribution < -0.4 is 10.1 Å². The summed E-state index contributed by atoms with van der Waals surface area (Å²) in [6, 6.07) is 4.24. The average Bonchev–Trinajstić information content (AvgIpc) is 2.37. The maximum absolute atomic E-state index is 8.46. The number of hydrogen-bond acceptors (Lipinski definition) is 3. The smallest absolute Gasteiger partial charge is 0.122 e. The van der Waals surface area contributed by atoms with Gasteiger partial charge in [-0.3, -0.25) is 0 Å². The molecule has 98 valence electrons. The SMILES string of the molecule is COc1cc(C)c(CCNCCC#N)c(C)c1C. The Morgan fingerprint density at radius 3 is 2.56 bits per heavy atom. The first-order valence-electron chi connectivity index (χ1n) is 6.33. The second kappa shape index (κ2) is 7.03. The Morgan fingerprint density at radius 1 is 1.22 bits per heavy atom. The number of ether oxygens (including phenoxy) is 1. The van der Waals surface area contributed by atoms with Gasteiger partial charge < -0.3 is 10.1 Å². The maximum atomic E-state index is 8.46. The molecule has 0 bridgehead atoms. The van der Waals surface area contributed by atoms with Crippen molar-refractivity contribution >= 4 is 0 Å². The van der Waals surface area contributed by atoms with Crippen LogP contribution in [0.4, 0.5) is 0 Å². The largest absolute Gasteiger partial charge is 0.496 e. The van der Waals surface area contributed by atoms with Crippen molar-refractivity contribution < 1.29 is 4.74 Å². The molecule has 0 spiro atoms. The van der Waals surface area contributed by atoms with Crippen LogP contribution in [-0.4, -0.2) is 20.2 Å². The highest BCUT2D eigenvalue weighted by Gasteiger charge is 2.10. The predicted molar refractivity (Wildman–Crippen MR) is 74.0 cm³/mol. The molecule has 0 aliphatic carbocycles. The van der Waals surface area contributed by atoms with Crippen molar-refractivity contribution in [1.29, 1.82) is 5.26 Å². The number of rotatable bonds is 6. The van der Waals surface area contributed by atoms with Crippen molar-refractivity contribution in [3.05, 3.63) is 28.3 Å². The molecule has 0 atom stereocenters. The monoisotopic (exact) mass is 246 g/mol. The Bertz CT molecular complexity index is 447. The Balaban J connectivity index is 2.72. The van der Waals surface area contributed by atoms with Gasteiger partial charge in [0.1, 0.15) is 5.75 Å². The van der Waals surface area contributed by atoms with E-state index in [0.717, 1.165) is 25.3 Å². The van der Waals surface area contributed by atoms with E-state index in [1.165, 1.54) is 22.3 Å². The summed E-state index contributed by atoms with van der Waals surface area (Å²) in [6.07, 6.45) is 1.56. The molecule has 0 saturated carbocycles. The number of nitriles is 1. The zero-order valence-electron chi connectivity index (χ0n) is 11.8. The Kier molecular flexibility index (Phi) is 5.67. The third-order valence-electron chi connectivity index (χ3n) is 3.39. The quantitative estimate of drug-likeness (QED) is 0.785. The molecule has 1 aromatic carbocycles. The number of hydrogen-bond donors (Lipinski definition) is 1. The van der Waals surface area contributed by atoms with Crippen molar-refractivity contribution in [1.82, 2.24) is 5.32 Å². The van der Waals surface area contributed by atoms with Crippen molar-refractivity contribution in [2.75, 3.05) is 20.2 Å². The van der Waals surface area contributed by atoms with Crippen LogP contribution in [0.15, 0.2) is 6.07 Å². The van der Waals surface area contributed by atoms with Gasteiger partial charge in [0.05, 0.1) is 13.2 Å². The fraction of sp³-hybridized carbons (Fsp3) is 0.533. The summed E-state index contributed by atoms with van der Waals surface area (Å²) in [7, 11) is 1.71. The Morgan fingerprint density at radius 2 is 1.94 bits per heavy atom. The van der Waals surface area contributed by atoms with Crippen molar-refractivity contribution in [3.8, 4) is 11.8 Å². The number of aryl methyl sites for hydroxylation is 1. The molecule has 0 radical (unpaired) electrons. The molecule has 1 N–H and O–H groups in total. The fourth-order valence-electron chi connectivity index (χ4n) is 2.18. The minimum Gasteiger partial charge on any atom is -0.496 e. The van der Waals surface area contributed by atoms with Gasteiger partial charge in [-0.05, 0) is 62.1 Å². The van der Waals surface area contributed by atoms with Crippen LogP contribution in [0.25, 0.3) is 0 Å². The van der Waals surface area contributed by atoms with Crippen LogP contribution in [0, 0.1) is 32.1 Å². The van der Waals surface area contributed by atoms with Crippen LogP contribution in [0.1, 0.15) is 28.7 Å². The molecule has 0 aliphatic rings. The van der Waals surface area contributed by atoms with Crippen LogP contribution >= 0.6 is 0 Å². The molecule has 1 aromatic rings. The molecule has 3 heteroatoms. The number of nitrogens with one attached hydrogen (secondary N) is 1. The molecular formula is C15H22N2O. The number of benzene rings is 1. The third kappa shape index (κ3) is 3.48. The lowest BCUT2D eigenvalue weighted by atomic mass is 9.95. The minimum absolute atomic E-state index is 0.569. The lowest BCUT2D eigenvalue weighted by Gasteiger charge is -2.16. The van der Waals surface area contributed by atoms with E-state index >= 15 is 0 Å². The van der Waals surface area contributed by atoms with Gasteiger partial charge in [0.25, 0.3) is 0 Å². The fourth-order valence-corrected chi connectivity index (χ4v) is 2.18. The van der Waals surface area contributed by atoms with Crippen LogP contribution in [-0.2, 0) is 6.42 Å². The van der Waals surface area contributed by atoms with E-state index in [1.54, 1.807) is 7.11 Å². The zero-order chi connectivity index (χ0) is 13.5. The van der Waals surface area contributed by atoms with E-state index in [1.807, 2.05) is 0 Å². The van der Waals surface area contributed by atoms with Gasteiger partial charge in [0.2, 0.25) is 0 Å². The molecule has 0 saturated heterocycles. The van der Waals surface area contributed by atoms with E-state index in [-0.39, 0.29) is 0 Å². The lowest BCUT2D eigenvalue weighted by Crippen LogP contribution is -2.19. The first-order valence-corrected chi connectivity index (χ1v) is 6.33. The van der Waals surface area contributed by atoms with Gasteiger partial charge in [0.15, 0.2) is 0 Å². The molecule has 0 aliphatic heterocycles. The first kappa shape index (κ1) is 14.5. The number of nitrogens with zero attached hydrogens (tertiary/aromatic N) is 1. The second-order valence-corrected chi connectivity index (χ2v) is 4.53. The van der Waals surface area contributed by atoms with E-state index < -0.39 is 0 Å². The zero-order valence-corrected chi connectivity index (χ0v) is 11.8. The standard InChI is InChI=1S/C15H22N2O/c1-11-10-15(18-4)13(3)12(2)14(11)6-9-17-8-5-7-16/h10,17H,5-6,8-9H2,1-4H3. The summed E-state index contributed by atoms with van der Waals surface area (Å²) in [5.41, 5.74) is 5.19. The Hall–Kier alpha value is -1.53.